The predicted molar refractivity (Wildman–Crippen MR) is 114 cm³/mol. The SMILES string of the molecule is O=C(/C=C/c1ccc(OC(F)F)cc1OC(F)F)NCc1cccc(NC(=O)c2ccco2)c1. The van der Waals surface area contributed by atoms with Gasteiger partial charge in [0.05, 0.1) is 6.26 Å². The molecule has 0 unspecified atom stereocenters. The number of hydrogen-bond acceptors (Lipinski definition) is 5. The Hall–Kier alpha value is -4.28. The van der Waals surface area contributed by atoms with Gasteiger partial charge in [-0.1, -0.05) is 12.1 Å². The minimum absolute atomic E-state index is 0.0553. The molecule has 2 amide bonds. The minimum Gasteiger partial charge on any atom is -0.459 e. The standard InChI is InChI=1S/C23H18F4N2O5/c24-22(25)33-17-8-6-15(19(12-17)34-23(26)27)7-9-20(30)28-13-14-3-1-4-16(11-14)29-21(31)18-5-2-10-32-18/h1-12,22-23H,13H2,(H,28,30)(H,29,31)/b9-7+. The first kappa shape index (κ1) is 24.4. The van der Waals surface area contributed by atoms with E-state index >= 15 is 0 Å². The molecule has 0 saturated heterocycles. The van der Waals surface area contributed by atoms with Crippen LogP contribution in [0.4, 0.5) is 23.2 Å². The molecule has 0 radical (unpaired) electrons. The van der Waals surface area contributed by atoms with Crippen molar-refractivity contribution in [3.63, 3.8) is 0 Å². The van der Waals surface area contributed by atoms with Crippen molar-refractivity contribution in [1.82, 2.24) is 5.32 Å². The Morgan fingerprint density at radius 1 is 0.971 bits per heavy atom. The summed E-state index contributed by atoms with van der Waals surface area (Å²) < 4.78 is 63.5. The first-order chi connectivity index (χ1) is 16.3. The van der Waals surface area contributed by atoms with E-state index in [1.54, 1.807) is 30.3 Å². The fourth-order valence-electron chi connectivity index (χ4n) is 2.80. The highest BCUT2D eigenvalue weighted by Crippen LogP contribution is 2.28. The number of halogens is 4. The Bertz CT molecular complexity index is 1150. The van der Waals surface area contributed by atoms with Crippen molar-refractivity contribution < 1.29 is 41.0 Å². The van der Waals surface area contributed by atoms with Crippen molar-refractivity contribution in [3.05, 3.63) is 83.8 Å². The number of hydrogen-bond donors (Lipinski definition) is 2. The van der Waals surface area contributed by atoms with Crippen LogP contribution in [-0.2, 0) is 11.3 Å². The van der Waals surface area contributed by atoms with Crippen LogP contribution in [0, 0.1) is 0 Å². The molecule has 1 aromatic heterocycles. The van der Waals surface area contributed by atoms with Gasteiger partial charge in [-0.2, -0.15) is 17.6 Å². The van der Waals surface area contributed by atoms with Crippen molar-refractivity contribution in [1.29, 1.82) is 0 Å². The third kappa shape index (κ3) is 7.40. The van der Waals surface area contributed by atoms with Crippen LogP contribution in [0.3, 0.4) is 0 Å². The van der Waals surface area contributed by atoms with E-state index < -0.39 is 30.8 Å². The number of furan rings is 1. The summed E-state index contributed by atoms with van der Waals surface area (Å²) in [6.45, 7) is -6.23. The molecule has 3 aromatic rings. The molecule has 0 aliphatic carbocycles. The average Bonchev–Trinajstić information content (AvgIpc) is 3.32. The van der Waals surface area contributed by atoms with E-state index in [2.05, 4.69) is 20.1 Å². The highest BCUT2D eigenvalue weighted by molar-refractivity contribution is 6.02. The third-order valence-electron chi connectivity index (χ3n) is 4.24. The number of nitrogens with one attached hydrogen (secondary N) is 2. The molecule has 0 fully saturated rings. The molecule has 0 spiro atoms. The molecule has 1 heterocycles. The average molecular weight is 478 g/mol. The number of carbonyl (C=O) groups is 2. The lowest BCUT2D eigenvalue weighted by Crippen LogP contribution is -2.20. The van der Waals surface area contributed by atoms with Gasteiger partial charge in [-0.05, 0) is 48.0 Å². The van der Waals surface area contributed by atoms with Gasteiger partial charge < -0.3 is 24.5 Å². The van der Waals surface area contributed by atoms with Gasteiger partial charge >= 0.3 is 13.2 Å². The monoisotopic (exact) mass is 478 g/mol. The second-order valence-corrected chi connectivity index (χ2v) is 6.64. The molecule has 0 atom stereocenters. The van der Waals surface area contributed by atoms with Crippen molar-refractivity contribution in [2.45, 2.75) is 19.8 Å². The Kier molecular flexibility index (Phi) is 8.27. The molecular formula is C23H18F4N2O5. The topological polar surface area (TPSA) is 89.8 Å². The van der Waals surface area contributed by atoms with Crippen LogP contribution in [-0.4, -0.2) is 25.0 Å². The van der Waals surface area contributed by atoms with Gasteiger partial charge in [0, 0.05) is 29.9 Å². The molecular weight excluding hydrogens is 460 g/mol. The lowest BCUT2D eigenvalue weighted by molar-refractivity contribution is -0.116. The van der Waals surface area contributed by atoms with Crippen LogP contribution < -0.4 is 20.1 Å². The van der Waals surface area contributed by atoms with Gasteiger partial charge in [0.1, 0.15) is 11.5 Å². The zero-order valence-corrected chi connectivity index (χ0v) is 17.3. The number of carbonyl (C=O) groups excluding carboxylic acids is 2. The van der Waals surface area contributed by atoms with Gasteiger partial charge in [0.25, 0.3) is 5.91 Å². The molecule has 0 aliphatic heterocycles. The van der Waals surface area contributed by atoms with E-state index in [-0.39, 0.29) is 23.6 Å². The Morgan fingerprint density at radius 2 is 1.76 bits per heavy atom. The third-order valence-corrected chi connectivity index (χ3v) is 4.24. The molecule has 178 valence electrons. The first-order valence-corrected chi connectivity index (χ1v) is 9.73. The summed E-state index contributed by atoms with van der Waals surface area (Å²) in [6.07, 6.45) is 3.64. The molecule has 0 aliphatic rings. The number of anilines is 1. The van der Waals surface area contributed by atoms with E-state index in [0.29, 0.717) is 11.3 Å². The first-order valence-electron chi connectivity index (χ1n) is 9.73. The van der Waals surface area contributed by atoms with Gasteiger partial charge in [-0.15, -0.1) is 0 Å². The minimum atomic E-state index is -3.21. The Labute approximate surface area is 191 Å². The van der Waals surface area contributed by atoms with Gasteiger partial charge in [-0.25, -0.2) is 0 Å². The highest BCUT2D eigenvalue weighted by Gasteiger charge is 2.13. The number of rotatable bonds is 10. The van der Waals surface area contributed by atoms with Gasteiger partial charge in [-0.3, -0.25) is 9.59 Å². The highest BCUT2D eigenvalue weighted by atomic mass is 19.3. The summed E-state index contributed by atoms with van der Waals surface area (Å²) in [5.41, 5.74) is 1.22. The quantitative estimate of drug-likeness (QED) is 0.314. The van der Waals surface area contributed by atoms with Crippen molar-refractivity contribution in [2.75, 3.05) is 5.32 Å². The second-order valence-electron chi connectivity index (χ2n) is 6.64. The number of amides is 2. The van der Waals surface area contributed by atoms with Crippen LogP contribution in [0.2, 0.25) is 0 Å². The van der Waals surface area contributed by atoms with Crippen LogP contribution in [0.1, 0.15) is 21.7 Å². The fourth-order valence-corrected chi connectivity index (χ4v) is 2.80. The molecule has 2 N–H and O–H groups in total. The summed E-state index contributed by atoms with van der Waals surface area (Å²) >= 11 is 0. The molecule has 3 rings (SSSR count). The number of benzene rings is 2. The lowest BCUT2D eigenvalue weighted by Gasteiger charge is -2.11. The predicted octanol–water partition coefficient (Wildman–Crippen LogP) is 5.06. The molecule has 2 aromatic carbocycles. The van der Waals surface area contributed by atoms with Crippen LogP contribution in [0.15, 0.2) is 71.4 Å². The Morgan fingerprint density at radius 3 is 2.47 bits per heavy atom. The maximum Gasteiger partial charge on any atom is 0.387 e. The van der Waals surface area contributed by atoms with Crippen LogP contribution >= 0.6 is 0 Å². The number of alkyl halides is 4. The summed E-state index contributed by atoms with van der Waals surface area (Å²) in [6, 6.07) is 13.0. The van der Waals surface area contributed by atoms with Crippen molar-refractivity contribution >= 4 is 23.6 Å². The van der Waals surface area contributed by atoms with E-state index in [9.17, 15) is 27.2 Å². The summed E-state index contributed by atoms with van der Waals surface area (Å²) in [5, 5.41) is 5.27. The summed E-state index contributed by atoms with van der Waals surface area (Å²) in [4.78, 5) is 24.2. The molecule has 11 heteroatoms. The van der Waals surface area contributed by atoms with Gasteiger partial charge in [0.15, 0.2) is 5.76 Å². The largest absolute Gasteiger partial charge is 0.459 e. The maximum atomic E-state index is 12.6. The normalized spacial score (nSPS) is 11.1. The van der Waals surface area contributed by atoms with Crippen molar-refractivity contribution in [2.24, 2.45) is 0 Å². The summed E-state index contributed by atoms with van der Waals surface area (Å²) in [5.74, 6) is -1.64. The molecule has 34 heavy (non-hydrogen) atoms. The van der Waals surface area contributed by atoms with Crippen LogP contribution in [0.25, 0.3) is 6.08 Å². The fraction of sp³-hybridized carbons (Fsp3) is 0.130. The van der Waals surface area contributed by atoms with E-state index in [1.807, 2.05) is 0 Å². The second kappa shape index (κ2) is 11.5. The lowest BCUT2D eigenvalue weighted by atomic mass is 10.1. The van der Waals surface area contributed by atoms with Crippen LogP contribution in [0.5, 0.6) is 11.5 Å². The zero-order chi connectivity index (χ0) is 24.5. The smallest absolute Gasteiger partial charge is 0.387 e. The number of ether oxygens (including phenoxy) is 2. The molecule has 0 saturated carbocycles. The zero-order valence-electron chi connectivity index (χ0n) is 17.3. The summed E-state index contributed by atoms with van der Waals surface area (Å²) in [7, 11) is 0. The van der Waals surface area contributed by atoms with E-state index in [4.69, 9.17) is 4.42 Å². The van der Waals surface area contributed by atoms with Gasteiger partial charge in [0.2, 0.25) is 5.91 Å². The van der Waals surface area contributed by atoms with E-state index in [1.165, 1.54) is 24.5 Å². The molecule has 0 bridgehead atoms. The van der Waals surface area contributed by atoms with E-state index in [0.717, 1.165) is 18.2 Å². The Balaban J connectivity index is 1.60. The van der Waals surface area contributed by atoms with Crippen molar-refractivity contribution in [3.8, 4) is 11.5 Å². The maximum absolute atomic E-state index is 12.6. The molecule has 7 nitrogen and oxygen atoms in total.